The van der Waals surface area contributed by atoms with E-state index in [0.717, 1.165) is 23.0 Å². The Kier molecular flexibility index (Phi) is 2.35. The zero-order valence-corrected chi connectivity index (χ0v) is 9.89. The first-order chi connectivity index (χ1) is 6.59. The summed E-state index contributed by atoms with van der Waals surface area (Å²) in [6.45, 7) is 2.64. The zero-order valence-electron chi connectivity index (χ0n) is 8.30. The van der Waals surface area contributed by atoms with E-state index in [1.807, 2.05) is 6.07 Å². The highest BCUT2D eigenvalue weighted by atomic mass is 79.9. The molecule has 1 aliphatic rings. The molecule has 1 aromatic rings. The molecular formula is C11H12BrNO. The van der Waals surface area contributed by atoms with E-state index in [0.29, 0.717) is 0 Å². The fourth-order valence-corrected chi connectivity index (χ4v) is 2.51. The lowest BCUT2D eigenvalue weighted by molar-refractivity contribution is 0.101. The van der Waals surface area contributed by atoms with Gasteiger partial charge in [-0.3, -0.25) is 4.79 Å². The van der Waals surface area contributed by atoms with Crippen LogP contribution in [0.3, 0.4) is 0 Å². The highest BCUT2D eigenvalue weighted by Gasteiger charge is 2.18. The van der Waals surface area contributed by atoms with Crippen LogP contribution >= 0.6 is 15.9 Å². The van der Waals surface area contributed by atoms with Gasteiger partial charge in [0.15, 0.2) is 5.78 Å². The molecule has 0 saturated heterocycles. The lowest BCUT2D eigenvalue weighted by Crippen LogP contribution is -2.12. The predicted molar refractivity (Wildman–Crippen MR) is 61.1 cm³/mol. The Labute approximate surface area is 92.0 Å². The number of fused-ring (bicyclic) bond motifs is 1. The molecule has 0 aromatic heterocycles. The monoisotopic (exact) mass is 253 g/mol. The second-order valence-electron chi connectivity index (χ2n) is 3.69. The van der Waals surface area contributed by atoms with E-state index < -0.39 is 0 Å². The number of hydrogen-bond acceptors (Lipinski definition) is 2. The minimum Gasteiger partial charge on any atom is -0.374 e. The van der Waals surface area contributed by atoms with Crippen LogP contribution < -0.4 is 4.90 Å². The van der Waals surface area contributed by atoms with Gasteiger partial charge in [-0.1, -0.05) is 15.9 Å². The Morgan fingerprint density at radius 1 is 1.50 bits per heavy atom. The first kappa shape index (κ1) is 9.71. The number of hydrogen-bond donors (Lipinski definition) is 0. The second kappa shape index (κ2) is 3.39. The van der Waals surface area contributed by atoms with Crippen LogP contribution in [0.25, 0.3) is 0 Å². The van der Waals surface area contributed by atoms with Crippen LogP contribution in [-0.4, -0.2) is 19.4 Å². The van der Waals surface area contributed by atoms with Gasteiger partial charge in [0, 0.05) is 29.3 Å². The molecule has 74 valence electrons. The molecule has 1 heterocycles. The number of carbonyl (C=O) groups is 1. The van der Waals surface area contributed by atoms with E-state index in [-0.39, 0.29) is 5.78 Å². The third-order valence-corrected chi connectivity index (χ3v) is 3.33. The summed E-state index contributed by atoms with van der Waals surface area (Å²) in [6, 6.07) is 4.05. The van der Waals surface area contributed by atoms with Crippen molar-refractivity contribution >= 4 is 27.4 Å². The van der Waals surface area contributed by atoms with Gasteiger partial charge in [-0.25, -0.2) is 0 Å². The van der Waals surface area contributed by atoms with Gasteiger partial charge < -0.3 is 4.90 Å². The first-order valence-electron chi connectivity index (χ1n) is 4.64. The van der Waals surface area contributed by atoms with E-state index in [9.17, 15) is 4.79 Å². The lowest BCUT2D eigenvalue weighted by atomic mass is 10.1. The summed E-state index contributed by atoms with van der Waals surface area (Å²) in [7, 11) is 2.06. The van der Waals surface area contributed by atoms with E-state index in [1.54, 1.807) is 6.92 Å². The topological polar surface area (TPSA) is 20.3 Å². The van der Waals surface area contributed by atoms with Crippen molar-refractivity contribution in [3.8, 4) is 0 Å². The minimum atomic E-state index is 0.111. The van der Waals surface area contributed by atoms with Crippen LogP contribution in [0.5, 0.6) is 0 Å². The summed E-state index contributed by atoms with van der Waals surface area (Å²) >= 11 is 3.43. The number of likely N-dealkylation sites (N-methyl/N-ethyl adjacent to an activating group) is 1. The Hall–Kier alpha value is -0.830. The van der Waals surface area contributed by atoms with Crippen LogP contribution in [0.2, 0.25) is 0 Å². The van der Waals surface area contributed by atoms with Crippen LogP contribution in [0.4, 0.5) is 5.69 Å². The van der Waals surface area contributed by atoms with Crippen molar-refractivity contribution in [2.75, 3.05) is 18.5 Å². The first-order valence-corrected chi connectivity index (χ1v) is 5.43. The van der Waals surface area contributed by atoms with Gasteiger partial charge >= 0.3 is 0 Å². The van der Waals surface area contributed by atoms with Crippen molar-refractivity contribution in [3.63, 3.8) is 0 Å². The predicted octanol–water partition coefficient (Wildman–Crippen LogP) is 2.64. The van der Waals surface area contributed by atoms with Gasteiger partial charge in [0.2, 0.25) is 0 Å². The summed E-state index contributed by atoms with van der Waals surface area (Å²) in [6.07, 6.45) is 1.07. The molecule has 1 aromatic carbocycles. The molecule has 0 saturated carbocycles. The number of Topliss-reactive ketones (excluding diaryl/α,β-unsaturated/α-hetero) is 1. The summed E-state index contributed by atoms with van der Waals surface area (Å²) in [5.74, 6) is 0.111. The maximum Gasteiger partial charge on any atom is 0.161 e. The summed E-state index contributed by atoms with van der Waals surface area (Å²) in [5, 5.41) is 0. The highest BCUT2D eigenvalue weighted by Crippen LogP contribution is 2.32. The molecule has 2 nitrogen and oxygen atoms in total. The molecule has 0 amide bonds. The average molecular weight is 254 g/mol. The normalized spacial score (nSPS) is 14.4. The molecule has 0 bridgehead atoms. The van der Waals surface area contributed by atoms with Crippen molar-refractivity contribution in [1.82, 2.24) is 0 Å². The van der Waals surface area contributed by atoms with Gasteiger partial charge in [-0.15, -0.1) is 0 Å². The van der Waals surface area contributed by atoms with Crippen LogP contribution in [0.15, 0.2) is 16.6 Å². The lowest BCUT2D eigenvalue weighted by Gasteiger charge is -2.13. The Morgan fingerprint density at radius 3 is 2.86 bits per heavy atom. The Bertz CT molecular complexity index is 401. The quantitative estimate of drug-likeness (QED) is 0.718. The van der Waals surface area contributed by atoms with Gasteiger partial charge in [-0.2, -0.15) is 0 Å². The molecule has 0 unspecified atom stereocenters. The van der Waals surface area contributed by atoms with Gasteiger partial charge in [0.05, 0.1) is 0 Å². The Balaban J connectivity index is 2.57. The van der Waals surface area contributed by atoms with Crippen LogP contribution in [-0.2, 0) is 6.42 Å². The maximum absolute atomic E-state index is 11.3. The molecule has 3 heteroatoms. The standard InChI is InChI=1S/C11H12BrNO/c1-7(14)9-6-11-8(5-10(9)12)3-4-13(11)2/h5-6H,3-4H2,1-2H3. The van der Waals surface area contributed by atoms with E-state index >= 15 is 0 Å². The van der Waals surface area contributed by atoms with E-state index in [4.69, 9.17) is 0 Å². The third kappa shape index (κ3) is 1.46. The van der Waals surface area contributed by atoms with Crippen molar-refractivity contribution in [1.29, 1.82) is 0 Å². The molecule has 14 heavy (non-hydrogen) atoms. The van der Waals surface area contributed by atoms with Crippen molar-refractivity contribution in [2.24, 2.45) is 0 Å². The smallest absolute Gasteiger partial charge is 0.161 e. The maximum atomic E-state index is 11.3. The van der Waals surface area contributed by atoms with E-state index in [1.165, 1.54) is 11.3 Å². The Morgan fingerprint density at radius 2 is 2.21 bits per heavy atom. The number of ketones is 1. The van der Waals surface area contributed by atoms with Crippen molar-refractivity contribution in [3.05, 3.63) is 27.7 Å². The molecular weight excluding hydrogens is 242 g/mol. The number of carbonyl (C=O) groups excluding carboxylic acids is 1. The number of anilines is 1. The largest absolute Gasteiger partial charge is 0.374 e. The van der Waals surface area contributed by atoms with Crippen molar-refractivity contribution in [2.45, 2.75) is 13.3 Å². The summed E-state index contributed by atoms with van der Waals surface area (Å²) in [5.41, 5.74) is 3.29. The molecule has 1 aliphatic heterocycles. The summed E-state index contributed by atoms with van der Waals surface area (Å²) in [4.78, 5) is 13.5. The van der Waals surface area contributed by atoms with Crippen molar-refractivity contribution < 1.29 is 4.79 Å². The molecule has 0 spiro atoms. The molecule has 0 atom stereocenters. The van der Waals surface area contributed by atoms with E-state index in [2.05, 4.69) is 33.9 Å². The molecule has 0 radical (unpaired) electrons. The van der Waals surface area contributed by atoms with Gasteiger partial charge in [0.25, 0.3) is 0 Å². The number of benzene rings is 1. The van der Waals surface area contributed by atoms with Gasteiger partial charge in [-0.05, 0) is 31.0 Å². The second-order valence-corrected chi connectivity index (χ2v) is 4.54. The highest BCUT2D eigenvalue weighted by molar-refractivity contribution is 9.10. The fourth-order valence-electron chi connectivity index (χ4n) is 1.84. The molecule has 2 rings (SSSR count). The molecule has 0 N–H and O–H groups in total. The summed E-state index contributed by atoms with van der Waals surface area (Å²) < 4.78 is 0.916. The number of rotatable bonds is 1. The minimum absolute atomic E-state index is 0.111. The average Bonchev–Trinajstić information content (AvgIpc) is 2.46. The number of nitrogens with zero attached hydrogens (tertiary/aromatic N) is 1. The zero-order chi connectivity index (χ0) is 10.3. The van der Waals surface area contributed by atoms with Gasteiger partial charge in [0.1, 0.15) is 0 Å². The molecule has 0 aliphatic carbocycles. The fraction of sp³-hybridized carbons (Fsp3) is 0.364. The number of halogens is 1. The SMILES string of the molecule is CC(=O)c1cc2c(cc1Br)CCN2C. The van der Waals surface area contributed by atoms with Crippen LogP contribution in [0.1, 0.15) is 22.8 Å². The van der Waals surface area contributed by atoms with Crippen LogP contribution in [0, 0.1) is 0 Å². The molecule has 0 fully saturated rings. The third-order valence-electron chi connectivity index (χ3n) is 2.68.